The van der Waals surface area contributed by atoms with Crippen LogP contribution in [0.5, 0.6) is 0 Å². The molecule has 2 heterocycles. The van der Waals surface area contributed by atoms with E-state index in [0.717, 1.165) is 36.5 Å². The van der Waals surface area contributed by atoms with E-state index >= 15 is 0 Å². The summed E-state index contributed by atoms with van der Waals surface area (Å²) >= 11 is 1.61. The lowest BCUT2D eigenvalue weighted by Crippen LogP contribution is -2.32. The number of sulfonamides is 1. The smallest absolute Gasteiger partial charge is 0.244 e. The minimum atomic E-state index is -3.41. The zero-order valence-corrected chi connectivity index (χ0v) is 15.2. The second-order valence-corrected chi connectivity index (χ2v) is 8.86. The Balaban J connectivity index is 1.67. The van der Waals surface area contributed by atoms with E-state index in [1.54, 1.807) is 28.2 Å². The third kappa shape index (κ3) is 4.37. The summed E-state index contributed by atoms with van der Waals surface area (Å²) in [7, 11) is -3.41. The third-order valence-corrected chi connectivity index (χ3v) is 7.04. The molecule has 3 rings (SSSR count). The van der Waals surface area contributed by atoms with Crippen molar-refractivity contribution in [3.63, 3.8) is 0 Å². The van der Waals surface area contributed by atoms with Gasteiger partial charge in [-0.2, -0.15) is 4.31 Å². The van der Waals surface area contributed by atoms with Gasteiger partial charge in [-0.05, 0) is 30.5 Å². The predicted octanol–water partition coefficient (Wildman–Crippen LogP) is 3.94. The lowest BCUT2D eigenvalue weighted by atomic mass is 10.2. The van der Waals surface area contributed by atoms with Gasteiger partial charge in [0.15, 0.2) is 0 Å². The van der Waals surface area contributed by atoms with E-state index in [-0.39, 0.29) is 0 Å². The summed E-state index contributed by atoms with van der Waals surface area (Å²) in [6.07, 6.45) is 5.60. The normalized spacial score (nSPS) is 16.7. The molecule has 0 bridgehead atoms. The molecular weight excluding hydrogens is 340 g/mol. The highest BCUT2D eigenvalue weighted by Gasteiger charge is 2.25. The Bertz CT molecular complexity index is 738. The van der Waals surface area contributed by atoms with E-state index in [1.165, 1.54) is 11.8 Å². The van der Waals surface area contributed by atoms with Crippen molar-refractivity contribution >= 4 is 21.8 Å². The SMILES string of the molecule is O=S(=O)(c1ccc(SCc2ccccc2)nc1)N1CCCCCC1. The van der Waals surface area contributed by atoms with E-state index in [9.17, 15) is 8.42 Å². The number of aromatic nitrogens is 1. The van der Waals surface area contributed by atoms with Crippen molar-refractivity contribution < 1.29 is 8.42 Å². The van der Waals surface area contributed by atoms with Crippen LogP contribution in [0.25, 0.3) is 0 Å². The molecule has 0 radical (unpaired) electrons. The summed E-state index contributed by atoms with van der Waals surface area (Å²) in [5, 5.41) is 0.841. The van der Waals surface area contributed by atoms with Crippen LogP contribution in [0.1, 0.15) is 31.2 Å². The Kier molecular flexibility index (Phi) is 5.92. The molecular formula is C18H22N2O2S2. The monoisotopic (exact) mass is 362 g/mol. The first-order chi connectivity index (χ1) is 11.7. The molecule has 1 saturated heterocycles. The summed E-state index contributed by atoms with van der Waals surface area (Å²) in [5.41, 5.74) is 1.23. The second-order valence-electron chi connectivity index (χ2n) is 5.92. The topological polar surface area (TPSA) is 50.3 Å². The molecule has 1 aliphatic rings. The first-order valence-electron chi connectivity index (χ1n) is 8.29. The van der Waals surface area contributed by atoms with Crippen molar-refractivity contribution in [1.82, 2.24) is 9.29 Å². The van der Waals surface area contributed by atoms with Crippen LogP contribution in [0.2, 0.25) is 0 Å². The van der Waals surface area contributed by atoms with Gasteiger partial charge in [0.25, 0.3) is 0 Å². The maximum atomic E-state index is 12.7. The molecule has 2 aromatic rings. The summed E-state index contributed by atoms with van der Waals surface area (Å²) in [5.74, 6) is 0.825. The van der Waals surface area contributed by atoms with Crippen molar-refractivity contribution in [2.45, 2.75) is 41.4 Å². The highest BCUT2D eigenvalue weighted by Crippen LogP contribution is 2.24. The molecule has 1 aromatic carbocycles. The Morgan fingerprint density at radius 3 is 2.29 bits per heavy atom. The van der Waals surface area contributed by atoms with Crippen LogP contribution in [-0.4, -0.2) is 30.8 Å². The molecule has 0 spiro atoms. The maximum absolute atomic E-state index is 12.7. The van der Waals surface area contributed by atoms with Gasteiger partial charge in [-0.3, -0.25) is 0 Å². The highest BCUT2D eigenvalue weighted by molar-refractivity contribution is 7.98. The first kappa shape index (κ1) is 17.5. The van der Waals surface area contributed by atoms with E-state index < -0.39 is 10.0 Å². The number of thioether (sulfide) groups is 1. The number of hydrogen-bond acceptors (Lipinski definition) is 4. The number of rotatable bonds is 5. The van der Waals surface area contributed by atoms with Gasteiger partial charge in [-0.15, -0.1) is 11.8 Å². The van der Waals surface area contributed by atoms with Crippen molar-refractivity contribution in [2.24, 2.45) is 0 Å². The van der Waals surface area contributed by atoms with Gasteiger partial charge in [0, 0.05) is 25.0 Å². The molecule has 1 aliphatic heterocycles. The molecule has 4 nitrogen and oxygen atoms in total. The van der Waals surface area contributed by atoms with Gasteiger partial charge in [-0.1, -0.05) is 43.2 Å². The minimum Gasteiger partial charge on any atom is -0.249 e. The second kappa shape index (κ2) is 8.14. The average Bonchev–Trinajstić information content (AvgIpc) is 2.91. The number of nitrogens with zero attached hydrogens (tertiary/aromatic N) is 2. The standard InChI is InChI=1S/C18H22N2O2S2/c21-24(22,20-12-6-1-2-7-13-20)17-10-11-18(19-14-17)23-15-16-8-4-3-5-9-16/h3-5,8-11,14H,1-2,6-7,12-13,15H2. The third-order valence-electron chi connectivity index (χ3n) is 4.14. The van der Waals surface area contributed by atoms with Crippen LogP contribution >= 0.6 is 11.8 Å². The van der Waals surface area contributed by atoms with Crippen LogP contribution in [-0.2, 0) is 15.8 Å². The molecule has 0 saturated carbocycles. The van der Waals surface area contributed by atoms with Gasteiger partial charge >= 0.3 is 0 Å². The largest absolute Gasteiger partial charge is 0.249 e. The molecule has 1 aromatic heterocycles. The molecule has 128 valence electrons. The van der Waals surface area contributed by atoms with Crippen LogP contribution in [0.4, 0.5) is 0 Å². The Morgan fingerprint density at radius 2 is 1.67 bits per heavy atom. The van der Waals surface area contributed by atoms with Crippen molar-refractivity contribution in [1.29, 1.82) is 0 Å². The molecule has 24 heavy (non-hydrogen) atoms. The quantitative estimate of drug-likeness (QED) is 0.756. The highest BCUT2D eigenvalue weighted by atomic mass is 32.2. The van der Waals surface area contributed by atoms with Gasteiger partial charge in [0.1, 0.15) is 4.90 Å². The van der Waals surface area contributed by atoms with Crippen LogP contribution < -0.4 is 0 Å². The molecule has 1 fully saturated rings. The summed E-state index contributed by atoms with van der Waals surface area (Å²) < 4.78 is 27.0. The molecule has 0 aliphatic carbocycles. The van der Waals surface area contributed by atoms with Gasteiger partial charge in [0.05, 0.1) is 5.03 Å². The molecule has 0 unspecified atom stereocenters. The Hall–Kier alpha value is -1.37. The van der Waals surface area contributed by atoms with Gasteiger partial charge < -0.3 is 0 Å². The summed E-state index contributed by atoms with van der Waals surface area (Å²) in [4.78, 5) is 4.63. The van der Waals surface area contributed by atoms with Crippen LogP contribution in [0.15, 0.2) is 58.6 Å². The van der Waals surface area contributed by atoms with Gasteiger partial charge in [-0.25, -0.2) is 13.4 Å². The zero-order valence-electron chi connectivity index (χ0n) is 13.6. The maximum Gasteiger partial charge on any atom is 0.244 e. The number of hydrogen-bond donors (Lipinski definition) is 0. The fraction of sp³-hybridized carbons (Fsp3) is 0.389. The van der Waals surface area contributed by atoms with E-state index in [1.807, 2.05) is 18.2 Å². The molecule has 0 amide bonds. The van der Waals surface area contributed by atoms with Crippen molar-refractivity contribution in [3.05, 3.63) is 54.2 Å². The molecule has 6 heteroatoms. The van der Waals surface area contributed by atoms with E-state index in [0.29, 0.717) is 18.0 Å². The average molecular weight is 363 g/mol. The van der Waals surface area contributed by atoms with E-state index in [2.05, 4.69) is 17.1 Å². The Labute approximate surface area is 148 Å². The fourth-order valence-corrected chi connectivity index (χ4v) is 5.03. The lowest BCUT2D eigenvalue weighted by molar-refractivity contribution is 0.423. The summed E-state index contributed by atoms with van der Waals surface area (Å²) in [6.45, 7) is 1.24. The minimum absolute atomic E-state index is 0.300. The van der Waals surface area contributed by atoms with Crippen molar-refractivity contribution in [3.8, 4) is 0 Å². The first-order valence-corrected chi connectivity index (χ1v) is 10.7. The van der Waals surface area contributed by atoms with Gasteiger partial charge in [0.2, 0.25) is 10.0 Å². The zero-order chi connectivity index (χ0) is 16.8. The predicted molar refractivity (Wildman–Crippen MR) is 97.5 cm³/mol. The van der Waals surface area contributed by atoms with Crippen molar-refractivity contribution in [2.75, 3.05) is 13.1 Å². The Morgan fingerprint density at radius 1 is 0.958 bits per heavy atom. The van der Waals surface area contributed by atoms with Crippen LogP contribution in [0, 0.1) is 0 Å². The van der Waals surface area contributed by atoms with E-state index in [4.69, 9.17) is 0 Å². The number of benzene rings is 1. The summed E-state index contributed by atoms with van der Waals surface area (Å²) in [6, 6.07) is 13.7. The number of pyridine rings is 1. The lowest BCUT2D eigenvalue weighted by Gasteiger charge is -2.19. The van der Waals surface area contributed by atoms with Crippen LogP contribution in [0.3, 0.4) is 0 Å². The fourth-order valence-electron chi connectivity index (χ4n) is 2.77. The molecule has 0 N–H and O–H groups in total. The molecule has 0 atom stereocenters.